The van der Waals surface area contributed by atoms with Crippen LogP contribution in [0, 0.1) is 12.8 Å². The topological polar surface area (TPSA) is 76.3 Å². The summed E-state index contributed by atoms with van der Waals surface area (Å²) in [6.07, 6.45) is 2.60. The van der Waals surface area contributed by atoms with Gasteiger partial charge in [-0.3, -0.25) is 4.99 Å². The van der Waals surface area contributed by atoms with E-state index in [4.69, 9.17) is 13.9 Å². The first-order valence-corrected chi connectivity index (χ1v) is 8.22. The number of hydrogen-bond acceptors (Lipinski definition) is 5. The van der Waals surface area contributed by atoms with E-state index in [1.807, 2.05) is 11.9 Å². The summed E-state index contributed by atoms with van der Waals surface area (Å²) in [5.74, 6) is 2.34. The number of guanidine groups is 1. The Kier molecular flexibility index (Phi) is 9.26. The molecule has 1 N–H and O–H groups in total. The molecule has 8 heteroatoms. The van der Waals surface area contributed by atoms with Gasteiger partial charge < -0.3 is 24.1 Å². The molecular formula is C17H28IN3O4. The van der Waals surface area contributed by atoms with Crippen LogP contribution in [0.15, 0.2) is 15.5 Å². The smallest absolute Gasteiger partial charge is 0.341 e. The third-order valence-corrected chi connectivity index (χ3v) is 3.99. The predicted molar refractivity (Wildman–Crippen MR) is 107 cm³/mol. The normalized spacial score (nSPS) is 14.0. The molecule has 1 aliphatic carbocycles. The monoisotopic (exact) mass is 465 g/mol. The van der Waals surface area contributed by atoms with Crippen molar-refractivity contribution in [3.8, 4) is 0 Å². The van der Waals surface area contributed by atoms with Crippen molar-refractivity contribution < 1.29 is 18.7 Å². The maximum absolute atomic E-state index is 11.6. The Morgan fingerprint density at radius 2 is 2.20 bits per heavy atom. The van der Waals surface area contributed by atoms with E-state index in [0.29, 0.717) is 30.2 Å². The molecule has 0 atom stereocenters. The second-order valence-corrected chi connectivity index (χ2v) is 6.01. The fourth-order valence-electron chi connectivity index (χ4n) is 2.34. The number of halogens is 1. The number of nitrogens with one attached hydrogen (secondary N) is 1. The van der Waals surface area contributed by atoms with E-state index in [2.05, 4.69) is 10.3 Å². The van der Waals surface area contributed by atoms with Gasteiger partial charge in [0, 0.05) is 27.2 Å². The number of ether oxygens (including phenoxy) is 2. The van der Waals surface area contributed by atoms with E-state index in [-0.39, 0.29) is 24.0 Å². The van der Waals surface area contributed by atoms with Crippen LogP contribution >= 0.6 is 24.0 Å². The molecule has 142 valence electrons. The third-order valence-electron chi connectivity index (χ3n) is 3.99. The van der Waals surface area contributed by atoms with E-state index in [1.165, 1.54) is 20.0 Å². The minimum Gasteiger partial charge on any atom is -0.465 e. The Bertz CT molecular complexity index is 584. The van der Waals surface area contributed by atoms with Gasteiger partial charge in [-0.2, -0.15) is 0 Å². The van der Waals surface area contributed by atoms with Crippen molar-refractivity contribution in [2.24, 2.45) is 10.9 Å². The molecule has 7 nitrogen and oxygen atoms in total. The van der Waals surface area contributed by atoms with Crippen LogP contribution in [0.1, 0.15) is 34.7 Å². The quantitative estimate of drug-likeness (QED) is 0.209. The van der Waals surface area contributed by atoms with Crippen molar-refractivity contribution >= 4 is 35.9 Å². The van der Waals surface area contributed by atoms with Crippen molar-refractivity contribution in [1.82, 2.24) is 10.2 Å². The van der Waals surface area contributed by atoms with Gasteiger partial charge in [0.05, 0.1) is 20.3 Å². The molecule has 1 aromatic rings. The molecule has 1 saturated carbocycles. The largest absolute Gasteiger partial charge is 0.465 e. The zero-order chi connectivity index (χ0) is 17.5. The summed E-state index contributed by atoms with van der Waals surface area (Å²) in [4.78, 5) is 17.9. The molecule has 2 rings (SSSR count). The van der Waals surface area contributed by atoms with E-state index in [9.17, 15) is 4.79 Å². The molecular weight excluding hydrogens is 437 g/mol. The molecule has 1 fully saturated rings. The molecule has 0 bridgehead atoms. The van der Waals surface area contributed by atoms with E-state index >= 15 is 0 Å². The van der Waals surface area contributed by atoms with E-state index < -0.39 is 5.97 Å². The van der Waals surface area contributed by atoms with Crippen LogP contribution in [0.25, 0.3) is 0 Å². The van der Waals surface area contributed by atoms with Gasteiger partial charge in [-0.05, 0) is 31.7 Å². The number of carbonyl (C=O) groups excluding carboxylic acids is 1. The minimum absolute atomic E-state index is 0. The van der Waals surface area contributed by atoms with Gasteiger partial charge in [-0.15, -0.1) is 24.0 Å². The number of aliphatic imine (C=N–C) groups is 1. The average Bonchev–Trinajstić information content (AvgIpc) is 3.33. The van der Waals surface area contributed by atoms with Crippen molar-refractivity contribution in [2.45, 2.75) is 26.3 Å². The van der Waals surface area contributed by atoms with Crippen LogP contribution in [0.5, 0.6) is 0 Å². The standard InChI is InChI=1S/C17H27N3O4.HI/c1-12-15(16(21)22-4)9-14(24-12)10-19-17(18-2)20(3)7-8-23-11-13-5-6-13;/h9,13H,5-8,10-11H2,1-4H3,(H,18,19);1H. The van der Waals surface area contributed by atoms with Crippen LogP contribution in [0.2, 0.25) is 0 Å². The third kappa shape index (κ3) is 6.85. The molecule has 25 heavy (non-hydrogen) atoms. The average molecular weight is 465 g/mol. The lowest BCUT2D eigenvalue weighted by molar-refractivity contribution is 0.0599. The van der Waals surface area contributed by atoms with Crippen molar-refractivity contribution in [3.05, 3.63) is 23.2 Å². The maximum atomic E-state index is 11.6. The number of likely N-dealkylation sites (N-methyl/N-ethyl adjacent to an activating group) is 1. The number of hydrogen-bond donors (Lipinski definition) is 1. The molecule has 0 amide bonds. The van der Waals surface area contributed by atoms with Crippen molar-refractivity contribution in [2.75, 3.05) is 41.0 Å². The van der Waals surface area contributed by atoms with Gasteiger partial charge in [0.25, 0.3) is 0 Å². The zero-order valence-electron chi connectivity index (χ0n) is 15.3. The molecule has 0 radical (unpaired) electrons. The summed E-state index contributed by atoms with van der Waals surface area (Å²) in [6, 6.07) is 1.69. The molecule has 0 aliphatic heterocycles. The van der Waals surface area contributed by atoms with Gasteiger partial charge in [-0.25, -0.2) is 4.79 Å². The number of methoxy groups -OCH3 is 1. The van der Waals surface area contributed by atoms with Crippen LogP contribution in [-0.4, -0.2) is 57.8 Å². The Morgan fingerprint density at radius 3 is 2.80 bits per heavy atom. The minimum atomic E-state index is -0.392. The van der Waals surface area contributed by atoms with Crippen molar-refractivity contribution in [1.29, 1.82) is 0 Å². The van der Waals surface area contributed by atoms with Gasteiger partial charge in [-0.1, -0.05) is 0 Å². The Hall–Kier alpha value is -1.29. The summed E-state index contributed by atoms with van der Waals surface area (Å²) >= 11 is 0. The van der Waals surface area contributed by atoms with Crippen LogP contribution < -0.4 is 5.32 Å². The highest BCUT2D eigenvalue weighted by atomic mass is 127. The number of nitrogens with zero attached hydrogens (tertiary/aromatic N) is 2. The number of furan rings is 1. The fraction of sp³-hybridized carbons (Fsp3) is 0.647. The van der Waals surface area contributed by atoms with E-state index in [0.717, 1.165) is 25.0 Å². The molecule has 0 saturated heterocycles. The summed E-state index contributed by atoms with van der Waals surface area (Å²) in [7, 11) is 5.05. The highest BCUT2D eigenvalue weighted by Crippen LogP contribution is 2.28. The zero-order valence-corrected chi connectivity index (χ0v) is 17.7. The SMILES string of the molecule is CN=C(NCc1cc(C(=O)OC)c(C)o1)N(C)CCOCC1CC1.I. The number of rotatable bonds is 8. The van der Waals surface area contributed by atoms with Crippen LogP contribution in [-0.2, 0) is 16.0 Å². The van der Waals surface area contributed by atoms with Gasteiger partial charge in [0.15, 0.2) is 5.96 Å². The van der Waals surface area contributed by atoms with Crippen LogP contribution in [0.4, 0.5) is 0 Å². The van der Waals surface area contributed by atoms with Gasteiger partial charge >= 0.3 is 5.97 Å². The Balaban J connectivity index is 0.00000312. The summed E-state index contributed by atoms with van der Waals surface area (Å²) in [5, 5.41) is 3.22. The first kappa shape index (κ1) is 21.8. The molecule has 1 aromatic heterocycles. The fourth-order valence-corrected chi connectivity index (χ4v) is 2.34. The first-order valence-electron chi connectivity index (χ1n) is 8.22. The molecule has 1 heterocycles. The van der Waals surface area contributed by atoms with E-state index in [1.54, 1.807) is 20.0 Å². The number of esters is 1. The second-order valence-electron chi connectivity index (χ2n) is 6.01. The van der Waals surface area contributed by atoms with Crippen LogP contribution in [0.3, 0.4) is 0 Å². The Labute approximate surface area is 166 Å². The summed E-state index contributed by atoms with van der Waals surface area (Å²) < 4.78 is 16.0. The van der Waals surface area contributed by atoms with Crippen molar-refractivity contribution in [3.63, 3.8) is 0 Å². The number of aryl methyl sites for hydroxylation is 1. The summed E-state index contributed by atoms with van der Waals surface area (Å²) in [6.45, 7) is 4.49. The lowest BCUT2D eigenvalue weighted by atomic mass is 10.2. The highest BCUT2D eigenvalue weighted by Gasteiger charge is 2.21. The predicted octanol–water partition coefficient (Wildman–Crippen LogP) is 2.43. The lowest BCUT2D eigenvalue weighted by Crippen LogP contribution is -2.40. The summed E-state index contributed by atoms with van der Waals surface area (Å²) in [5.41, 5.74) is 0.450. The molecule has 0 spiro atoms. The molecule has 0 unspecified atom stereocenters. The maximum Gasteiger partial charge on any atom is 0.341 e. The van der Waals surface area contributed by atoms with Gasteiger partial charge in [0.1, 0.15) is 17.1 Å². The highest BCUT2D eigenvalue weighted by molar-refractivity contribution is 14.0. The Morgan fingerprint density at radius 1 is 1.48 bits per heavy atom. The molecule has 0 aromatic carbocycles. The van der Waals surface area contributed by atoms with Gasteiger partial charge in [0.2, 0.25) is 0 Å². The number of carbonyl (C=O) groups is 1. The second kappa shape index (κ2) is 10.6. The molecule has 1 aliphatic rings. The lowest BCUT2D eigenvalue weighted by Gasteiger charge is -2.21. The first-order chi connectivity index (χ1) is 11.5.